The molecule has 0 unspecified atom stereocenters. The maximum absolute atomic E-state index is 13.6. The molecule has 1 saturated heterocycles. The van der Waals surface area contributed by atoms with Crippen molar-refractivity contribution in [2.75, 3.05) is 13.1 Å². The Morgan fingerprint density at radius 1 is 1.17 bits per heavy atom. The Hall–Kier alpha value is -3.17. The van der Waals surface area contributed by atoms with Gasteiger partial charge in [0.05, 0.1) is 10.9 Å². The Bertz CT molecular complexity index is 1240. The molecule has 2 N–H and O–H groups in total. The van der Waals surface area contributed by atoms with E-state index >= 15 is 0 Å². The topological polar surface area (TPSA) is 126 Å². The number of piperidine rings is 1. The van der Waals surface area contributed by atoms with Crippen molar-refractivity contribution < 1.29 is 14.3 Å². The lowest BCUT2D eigenvalue weighted by Crippen LogP contribution is -2.47. The van der Waals surface area contributed by atoms with Gasteiger partial charge in [0.25, 0.3) is 11.5 Å². The SMILES string of the molecule is CC(C)Cn1c(=O)[nH]c(=O)c2c(C(=O)N3CCC(NC(=O)OC(C)(C)C)CC3)cc(C3CC3)nc21. The molecule has 4 rings (SSSR count). The van der Waals surface area contributed by atoms with E-state index in [1.54, 1.807) is 11.0 Å². The lowest BCUT2D eigenvalue weighted by atomic mass is 10.0. The summed E-state index contributed by atoms with van der Waals surface area (Å²) in [5.74, 6) is 0.149. The number of H-pyrrole nitrogens is 1. The third-order valence-electron chi connectivity index (χ3n) is 6.25. The Balaban J connectivity index is 1.61. The minimum absolute atomic E-state index is 0.0928. The van der Waals surface area contributed by atoms with Crippen LogP contribution >= 0.6 is 0 Å². The van der Waals surface area contributed by atoms with Gasteiger partial charge in [-0.1, -0.05) is 13.8 Å². The van der Waals surface area contributed by atoms with E-state index in [1.165, 1.54) is 4.57 Å². The van der Waals surface area contributed by atoms with Crippen LogP contribution < -0.4 is 16.6 Å². The molecule has 1 aliphatic carbocycles. The zero-order valence-corrected chi connectivity index (χ0v) is 21.1. The molecule has 2 aromatic heterocycles. The number of nitrogens with zero attached hydrogens (tertiary/aromatic N) is 3. The van der Waals surface area contributed by atoms with Crippen molar-refractivity contribution in [1.29, 1.82) is 0 Å². The van der Waals surface area contributed by atoms with E-state index in [2.05, 4.69) is 15.3 Å². The zero-order chi connectivity index (χ0) is 25.5. The Labute approximate surface area is 204 Å². The van der Waals surface area contributed by atoms with Crippen LogP contribution in [-0.2, 0) is 11.3 Å². The smallest absolute Gasteiger partial charge is 0.407 e. The molecule has 0 radical (unpaired) electrons. The predicted molar refractivity (Wildman–Crippen MR) is 132 cm³/mol. The first-order chi connectivity index (χ1) is 16.4. The molecule has 2 aromatic rings. The van der Waals surface area contributed by atoms with E-state index in [-0.39, 0.29) is 40.4 Å². The van der Waals surface area contributed by atoms with Crippen LogP contribution in [0.3, 0.4) is 0 Å². The van der Waals surface area contributed by atoms with Crippen LogP contribution in [-0.4, -0.2) is 56.2 Å². The van der Waals surface area contributed by atoms with Crippen LogP contribution in [0.4, 0.5) is 4.79 Å². The molecule has 2 amide bonds. The van der Waals surface area contributed by atoms with Crippen LogP contribution in [0.25, 0.3) is 11.0 Å². The van der Waals surface area contributed by atoms with E-state index in [9.17, 15) is 19.2 Å². The first-order valence-corrected chi connectivity index (χ1v) is 12.4. The summed E-state index contributed by atoms with van der Waals surface area (Å²) < 4.78 is 6.80. The second-order valence-electron chi connectivity index (χ2n) is 11.0. The second-order valence-corrected chi connectivity index (χ2v) is 11.0. The molecule has 0 aromatic carbocycles. The highest BCUT2D eigenvalue weighted by Crippen LogP contribution is 2.40. The minimum atomic E-state index is -0.593. The largest absolute Gasteiger partial charge is 0.444 e. The highest BCUT2D eigenvalue weighted by Gasteiger charge is 2.32. The number of hydrogen-bond donors (Lipinski definition) is 2. The first-order valence-electron chi connectivity index (χ1n) is 12.4. The van der Waals surface area contributed by atoms with Crippen molar-refractivity contribution in [3.8, 4) is 0 Å². The lowest BCUT2D eigenvalue weighted by molar-refractivity contribution is 0.0473. The van der Waals surface area contributed by atoms with Crippen LogP contribution in [0.1, 0.15) is 82.3 Å². The zero-order valence-electron chi connectivity index (χ0n) is 21.1. The Morgan fingerprint density at radius 2 is 1.83 bits per heavy atom. The summed E-state index contributed by atoms with van der Waals surface area (Å²) >= 11 is 0. The predicted octanol–water partition coefficient (Wildman–Crippen LogP) is 2.75. The van der Waals surface area contributed by atoms with Gasteiger partial charge in [-0.2, -0.15) is 0 Å². The molecule has 10 nitrogen and oxygen atoms in total. The molecule has 2 aliphatic rings. The molecule has 0 atom stereocenters. The third kappa shape index (κ3) is 5.74. The second kappa shape index (κ2) is 9.47. The van der Waals surface area contributed by atoms with Crippen molar-refractivity contribution in [2.24, 2.45) is 5.92 Å². The van der Waals surface area contributed by atoms with Gasteiger partial charge in [0.1, 0.15) is 5.60 Å². The van der Waals surface area contributed by atoms with Gasteiger partial charge >= 0.3 is 11.8 Å². The van der Waals surface area contributed by atoms with Crippen LogP contribution in [0.15, 0.2) is 15.7 Å². The summed E-state index contributed by atoms with van der Waals surface area (Å²) in [5, 5.41) is 3.04. The van der Waals surface area contributed by atoms with Gasteiger partial charge in [-0.05, 0) is 58.4 Å². The number of ether oxygens (including phenoxy) is 1. The highest BCUT2D eigenvalue weighted by molar-refractivity contribution is 6.05. The molecule has 0 spiro atoms. The molecule has 3 heterocycles. The number of amides is 2. The number of fused-ring (bicyclic) bond motifs is 1. The number of aromatic amines is 1. The molecule has 190 valence electrons. The van der Waals surface area contributed by atoms with Crippen molar-refractivity contribution in [3.05, 3.63) is 38.2 Å². The molecule has 0 bridgehead atoms. The number of pyridine rings is 1. The van der Waals surface area contributed by atoms with Crippen molar-refractivity contribution in [2.45, 2.75) is 84.4 Å². The number of carbonyl (C=O) groups excluding carboxylic acids is 2. The van der Waals surface area contributed by atoms with Crippen molar-refractivity contribution in [1.82, 2.24) is 24.8 Å². The Morgan fingerprint density at radius 3 is 2.40 bits per heavy atom. The van der Waals surface area contributed by atoms with Gasteiger partial charge in [0.2, 0.25) is 0 Å². The molecule has 1 saturated carbocycles. The lowest BCUT2D eigenvalue weighted by Gasteiger charge is -2.33. The number of likely N-dealkylation sites (tertiary alicyclic amines) is 1. The first kappa shape index (κ1) is 24.9. The fraction of sp³-hybridized carbons (Fsp3) is 0.640. The molecular formula is C25H35N5O5. The normalized spacial score (nSPS) is 17.1. The average Bonchev–Trinajstić information content (AvgIpc) is 3.60. The summed E-state index contributed by atoms with van der Waals surface area (Å²) in [6, 6.07) is 1.64. The fourth-order valence-corrected chi connectivity index (χ4v) is 4.46. The number of hydrogen-bond acceptors (Lipinski definition) is 6. The molecular weight excluding hydrogens is 450 g/mol. The van der Waals surface area contributed by atoms with E-state index in [4.69, 9.17) is 4.74 Å². The number of nitrogens with one attached hydrogen (secondary N) is 2. The van der Waals surface area contributed by atoms with Gasteiger partial charge in [-0.15, -0.1) is 0 Å². The third-order valence-corrected chi connectivity index (χ3v) is 6.25. The maximum atomic E-state index is 13.6. The summed E-state index contributed by atoms with van der Waals surface area (Å²) in [7, 11) is 0. The van der Waals surface area contributed by atoms with Gasteiger partial charge in [0, 0.05) is 37.3 Å². The Kier molecular flexibility index (Phi) is 6.75. The van der Waals surface area contributed by atoms with E-state index in [0.29, 0.717) is 32.5 Å². The molecule has 2 fully saturated rings. The molecule has 10 heteroatoms. The van der Waals surface area contributed by atoms with Crippen LogP contribution in [0.5, 0.6) is 0 Å². The van der Waals surface area contributed by atoms with E-state index in [0.717, 1.165) is 18.5 Å². The monoisotopic (exact) mass is 485 g/mol. The quantitative estimate of drug-likeness (QED) is 0.671. The van der Waals surface area contributed by atoms with Gasteiger partial charge in [0.15, 0.2) is 5.65 Å². The maximum Gasteiger partial charge on any atom is 0.407 e. The summed E-state index contributed by atoms with van der Waals surface area (Å²) in [6.45, 7) is 10.7. The van der Waals surface area contributed by atoms with E-state index in [1.807, 2.05) is 34.6 Å². The average molecular weight is 486 g/mol. The van der Waals surface area contributed by atoms with Crippen molar-refractivity contribution in [3.63, 3.8) is 0 Å². The van der Waals surface area contributed by atoms with Crippen molar-refractivity contribution >= 4 is 23.0 Å². The summed E-state index contributed by atoms with van der Waals surface area (Å²) in [4.78, 5) is 60.0. The minimum Gasteiger partial charge on any atom is -0.444 e. The van der Waals surface area contributed by atoms with Crippen LogP contribution in [0.2, 0.25) is 0 Å². The standard InChI is InChI=1S/C25H35N5O5/c1-14(2)13-30-20-19(21(31)28-23(30)33)17(12-18(27-20)15-6-7-15)22(32)29-10-8-16(9-11-29)26-24(34)35-25(3,4)5/h12,14-16H,6-11,13H2,1-5H3,(H,26,34)(H,28,31,33). The number of aromatic nitrogens is 3. The van der Waals surface area contributed by atoms with Gasteiger partial charge < -0.3 is 15.0 Å². The molecule has 1 aliphatic heterocycles. The molecule has 35 heavy (non-hydrogen) atoms. The fourth-order valence-electron chi connectivity index (χ4n) is 4.46. The van der Waals surface area contributed by atoms with E-state index < -0.39 is 22.9 Å². The van der Waals surface area contributed by atoms with Gasteiger partial charge in [-0.25, -0.2) is 14.6 Å². The van der Waals surface area contributed by atoms with Gasteiger partial charge in [-0.3, -0.25) is 19.1 Å². The highest BCUT2D eigenvalue weighted by atomic mass is 16.6. The number of carbonyl (C=O) groups is 2. The van der Waals surface area contributed by atoms with Crippen LogP contribution in [0, 0.1) is 5.92 Å². The summed E-state index contributed by atoms with van der Waals surface area (Å²) in [5.41, 5.74) is -0.360. The number of alkyl carbamates (subject to hydrolysis) is 1. The summed E-state index contributed by atoms with van der Waals surface area (Å²) in [6.07, 6.45) is 2.65. The number of rotatable bonds is 5.